The molecule has 1 atom stereocenters. The molecule has 0 spiro atoms. The number of halogens is 1. The standard InChI is InChI=1S/C23H24FN3O2/c24-19-8-6-18(7-9-19)21-14-25-23(29-21)11-10-22(28)26-20-12-13-27(16-20)15-17-4-2-1-3-5-17/h1-9,14,20H,10-13,15-16H2,(H,26,28)/t20-/m1/s1. The largest absolute Gasteiger partial charge is 0.441 e. The van der Waals surface area contributed by atoms with Crippen molar-refractivity contribution >= 4 is 5.91 Å². The fourth-order valence-electron chi connectivity index (χ4n) is 3.63. The minimum Gasteiger partial charge on any atom is -0.441 e. The first-order valence-electron chi connectivity index (χ1n) is 9.92. The molecular formula is C23H24FN3O2. The number of oxazole rings is 1. The second-order valence-corrected chi connectivity index (χ2v) is 7.40. The number of hydrogen-bond acceptors (Lipinski definition) is 4. The van der Waals surface area contributed by atoms with Crippen LogP contribution in [0.15, 0.2) is 65.2 Å². The summed E-state index contributed by atoms with van der Waals surface area (Å²) < 4.78 is 18.7. The van der Waals surface area contributed by atoms with Crippen molar-refractivity contribution < 1.29 is 13.6 Å². The number of carbonyl (C=O) groups excluding carboxylic acids is 1. The van der Waals surface area contributed by atoms with Crippen LogP contribution >= 0.6 is 0 Å². The Morgan fingerprint density at radius 3 is 2.76 bits per heavy atom. The molecule has 5 nitrogen and oxygen atoms in total. The average molecular weight is 393 g/mol. The lowest BCUT2D eigenvalue weighted by molar-refractivity contribution is -0.121. The van der Waals surface area contributed by atoms with E-state index in [2.05, 4.69) is 39.5 Å². The number of hydrogen-bond donors (Lipinski definition) is 1. The maximum atomic E-state index is 13.0. The van der Waals surface area contributed by atoms with Crippen LogP contribution in [0.3, 0.4) is 0 Å². The summed E-state index contributed by atoms with van der Waals surface area (Å²) in [5.41, 5.74) is 2.05. The van der Waals surface area contributed by atoms with Crippen molar-refractivity contribution in [3.8, 4) is 11.3 Å². The zero-order valence-corrected chi connectivity index (χ0v) is 16.2. The van der Waals surface area contributed by atoms with Crippen LogP contribution in [0.4, 0.5) is 4.39 Å². The molecule has 0 aliphatic carbocycles. The van der Waals surface area contributed by atoms with Crippen molar-refractivity contribution in [3.63, 3.8) is 0 Å². The molecule has 6 heteroatoms. The quantitative estimate of drug-likeness (QED) is 0.663. The molecular weight excluding hydrogens is 369 g/mol. The molecule has 3 aromatic rings. The third kappa shape index (κ3) is 5.29. The van der Waals surface area contributed by atoms with Crippen LogP contribution in [-0.2, 0) is 17.8 Å². The molecule has 2 aromatic carbocycles. The Balaban J connectivity index is 1.22. The van der Waals surface area contributed by atoms with Crippen molar-refractivity contribution in [2.75, 3.05) is 13.1 Å². The molecule has 0 bridgehead atoms. The van der Waals surface area contributed by atoms with E-state index in [1.165, 1.54) is 17.7 Å². The maximum absolute atomic E-state index is 13.0. The van der Waals surface area contributed by atoms with Crippen LogP contribution in [0.1, 0.15) is 24.3 Å². The Bertz CT molecular complexity index is 940. The highest BCUT2D eigenvalue weighted by Crippen LogP contribution is 2.21. The van der Waals surface area contributed by atoms with E-state index >= 15 is 0 Å². The van der Waals surface area contributed by atoms with Gasteiger partial charge in [-0.2, -0.15) is 0 Å². The Morgan fingerprint density at radius 2 is 1.97 bits per heavy atom. The Morgan fingerprint density at radius 1 is 1.17 bits per heavy atom. The Kier molecular flexibility index (Phi) is 6.00. The van der Waals surface area contributed by atoms with Gasteiger partial charge in [0, 0.05) is 44.1 Å². The van der Waals surface area contributed by atoms with Gasteiger partial charge in [-0.3, -0.25) is 9.69 Å². The maximum Gasteiger partial charge on any atom is 0.220 e. The predicted octanol–water partition coefficient (Wildman–Crippen LogP) is 3.80. The van der Waals surface area contributed by atoms with E-state index in [-0.39, 0.29) is 17.8 Å². The normalized spacial score (nSPS) is 16.8. The van der Waals surface area contributed by atoms with Crippen molar-refractivity contribution in [2.45, 2.75) is 31.8 Å². The Hall–Kier alpha value is -2.99. The molecule has 29 heavy (non-hydrogen) atoms. The second-order valence-electron chi connectivity index (χ2n) is 7.40. The second kappa shape index (κ2) is 9.01. The zero-order valence-electron chi connectivity index (χ0n) is 16.2. The minimum absolute atomic E-state index is 0.0121. The third-order valence-corrected chi connectivity index (χ3v) is 5.13. The first-order valence-corrected chi connectivity index (χ1v) is 9.92. The summed E-state index contributed by atoms with van der Waals surface area (Å²) in [6.45, 7) is 2.77. The monoisotopic (exact) mass is 393 g/mol. The zero-order chi connectivity index (χ0) is 20.1. The minimum atomic E-state index is -0.292. The topological polar surface area (TPSA) is 58.4 Å². The highest BCUT2D eigenvalue weighted by atomic mass is 19.1. The van der Waals surface area contributed by atoms with Gasteiger partial charge >= 0.3 is 0 Å². The first kappa shape index (κ1) is 19.3. The van der Waals surface area contributed by atoms with E-state index in [0.29, 0.717) is 24.5 Å². The van der Waals surface area contributed by atoms with Gasteiger partial charge in [0.2, 0.25) is 5.91 Å². The lowest BCUT2D eigenvalue weighted by Gasteiger charge is -2.16. The van der Waals surface area contributed by atoms with Crippen molar-refractivity contribution in [3.05, 3.63) is 78.1 Å². The van der Waals surface area contributed by atoms with Crippen molar-refractivity contribution in [1.29, 1.82) is 0 Å². The van der Waals surface area contributed by atoms with Gasteiger partial charge in [0.05, 0.1) is 6.20 Å². The number of likely N-dealkylation sites (tertiary alicyclic amines) is 1. The van der Waals surface area contributed by atoms with Crippen molar-refractivity contribution in [1.82, 2.24) is 15.2 Å². The summed E-state index contributed by atoms with van der Waals surface area (Å²) >= 11 is 0. The number of carbonyl (C=O) groups is 1. The molecule has 1 N–H and O–H groups in total. The van der Waals surface area contributed by atoms with Gasteiger partial charge in [-0.25, -0.2) is 9.37 Å². The molecule has 1 amide bonds. The van der Waals surface area contributed by atoms with E-state index in [9.17, 15) is 9.18 Å². The van der Waals surface area contributed by atoms with Gasteiger partial charge < -0.3 is 9.73 Å². The molecule has 0 saturated carbocycles. The molecule has 2 heterocycles. The summed E-state index contributed by atoms with van der Waals surface area (Å²) in [6, 6.07) is 16.6. The lowest BCUT2D eigenvalue weighted by atomic mass is 10.2. The smallest absolute Gasteiger partial charge is 0.220 e. The summed E-state index contributed by atoms with van der Waals surface area (Å²) in [6.07, 6.45) is 3.34. The van der Waals surface area contributed by atoms with Crippen molar-refractivity contribution in [2.24, 2.45) is 0 Å². The molecule has 4 rings (SSSR count). The summed E-state index contributed by atoms with van der Waals surface area (Å²) in [5.74, 6) is 0.807. The van der Waals surface area contributed by atoms with E-state index in [4.69, 9.17) is 4.42 Å². The van der Waals surface area contributed by atoms with Crippen LogP contribution < -0.4 is 5.32 Å². The third-order valence-electron chi connectivity index (χ3n) is 5.13. The fraction of sp³-hybridized carbons (Fsp3) is 0.304. The molecule has 1 aliphatic rings. The lowest BCUT2D eigenvalue weighted by Crippen LogP contribution is -2.37. The summed E-state index contributed by atoms with van der Waals surface area (Å²) in [7, 11) is 0. The number of amides is 1. The van der Waals surface area contributed by atoms with Gasteiger partial charge in [-0.05, 0) is 36.2 Å². The molecule has 0 unspecified atom stereocenters. The van der Waals surface area contributed by atoms with E-state index in [1.807, 2.05) is 6.07 Å². The number of aromatic nitrogens is 1. The van der Waals surface area contributed by atoms with E-state index < -0.39 is 0 Å². The van der Waals surface area contributed by atoms with Gasteiger partial charge in [0.1, 0.15) is 5.82 Å². The molecule has 1 fully saturated rings. The predicted molar refractivity (Wildman–Crippen MR) is 108 cm³/mol. The van der Waals surface area contributed by atoms with Gasteiger partial charge in [0.15, 0.2) is 11.7 Å². The Labute approximate surface area is 169 Å². The SMILES string of the molecule is O=C(CCc1ncc(-c2ccc(F)cc2)o1)N[C@@H]1CCN(Cc2ccccc2)C1. The molecule has 1 aromatic heterocycles. The van der Waals surface area contributed by atoms with Gasteiger partial charge in [-0.15, -0.1) is 0 Å². The molecule has 1 aliphatic heterocycles. The van der Waals surface area contributed by atoms with E-state index in [1.54, 1.807) is 18.3 Å². The van der Waals surface area contributed by atoms with Gasteiger partial charge in [-0.1, -0.05) is 30.3 Å². The number of nitrogens with one attached hydrogen (secondary N) is 1. The highest BCUT2D eigenvalue weighted by Gasteiger charge is 2.23. The number of aryl methyl sites for hydroxylation is 1. The van der Waals surface area contributed by atoms with Crippen LogP contribution in [0.5, 0.6) is 0 Å². The summed E-state index contributed by atoms with van der Waals surface area (Å²) in [4.78, 5) is 18.9. The van der Waals surface area contributed by atoms with Crippen LogP contribution in [0.25, 0.3) is 11.3 Å². The number of benzene rings is 2. The van der Waals surface area contributed by atoms with E-state index in [0.717, 1.165) is 31.6 Å². The average Bonchev–Trinajstić information content (AvgIpc) is 3.37. The molecule has 0 radical (unpaired) electrons. The van der Waals surface area contributed by atoms with Crippen LogP contribution in [0.2, 0.25) is 0 Å². The fourth-order valence-corrected chi connectivity index (χ4v) is 3.63. The van der Waals surface area contributed by atoms with Crippen LogP contribution in [-0.4, -0.2) is 34.9 Å². The summed E-state index contributed by atoms with van der Waals surface area (Å²) in [5, 5.41) is 3.12. The first-order chi connectivity index (χ1) is 14.2. The molecule has 1 saturated heterocycles. The number of rotatable bonds is 7. The highest BCUT2D eigenvalue weighted by molar-refractivity contribution is 5.76. The number of nitrogens with zero attached hydrogens (tertiary/aromatic N) is 2. The molecule has 150 valence electrons. The van der Waals surface area contributed by atoms with Gasteiger partial charge in [0.25, 0.3) is 0 Å². The van der Waals surface area contributed by atoms with Crippen LogP contribution in [0, 0.1) is 5.82 Å².